The topological polar surface area (TPSA) is 27.7 Å². The summed E-state index contributed by atoms with van der Waals surface area (Å²) in [6.07, 6.45) is 0. The van der Waals surface area contributed by atoms with E-state index in [9.17, 15) is 52.7 Å². The van der Waals surface area contributed by atoms with Crippen LogP contribution >= 0.6 is 0 Å². The van der Waals surface area contributed by atoms with Gasteiger partial charge in [0.2, 0.25) is 34.9 Å². The zero-order valence-corrected chi connectivity index (χ0v) is 40.8. The van der Waals surface area contributed by atoms with E-state index in [-0.39, 0.29) is 54.6 Å². The van der Waals surface area contributed by atoms with Gasteiger partial charge in [-0.3, -0.25) is 0 Å². The van der Waals surface area contributed by atoms with Crippen LogP contribution in [0.2, 0.25) is 0 Å². The number of rotatable bonds is 12. The maximum Gasteiger partial charge on any atom is 0.864 e. The average Bonchev–Trinajstić information content (AvgIpc) is 2.36. The lowest BCUT2D eigenvalue weighted by Gasteiger charge is -2.23. The van der Waals surface area contributed by atoms with Crippen LogP contribution in [-0.4, -0.2) is 7.32 Å². The molecule has 456 valence electrons. The summed E-state index contributed by atoms with van der Waals surface area (Å²) in [7, 11) is -3.76. The first kappa shape index (κ1) is 62.9. The van der Waals surface area contributed by atoms with Gasteiger partial charge in [0, 0.05) is 16.7 Å². The lowest BCUT2D eigenvalue weighted by atomic mass is 9.94. The minimum Gasteiger partial charge on any atom is -0.489 e. The molecule has 88 heavy (non-hydrogen) atoms. The lowest BCUT2D eigenvalue weighted by molar-refractivity contribution is 0.308. The second-order valence-electron chi connectivity index (χ2n) is 17.4. The van der Waals surface area contributed by atoms with Crippen LogP contribution in [0.25, 0.3) is 66.8 Å². The zero-order chi connectivity index (χ0) is 65.0. The summed E-state index contributed by atoms with van der Waals surface area (Å²) in [5.74, 6) is -93.1. The molecular weight excluding hydrogens is 1280 g/mol. The van der Waals surface area contributed by atoms with Crippen LogP contribution in [0.1, 0.15) is 0 Å². The van der Waals surface area contributed by atoms with E-state index in [1.165, 1.54) is 0 Å². The van der Waals surface area contributed by atoms with Gasteiger partial charge in [-0.2, -0.15) is 0 Å². The maximum atomic E-state index is 15.9. The molecule has 0 atom stereocenters. The SMILES string of the molecule is Fc1c(F)c(F)c(-c2ccc(OB(Oc3ccc(-c4c(F)c(F)c(F)c(F)c4F)cc3-c3c(F)c(F)c(F)c(F)c3F)Oc3ccc(-c4c(F)c(F)c(F)c(F)c4F)cc3-c3c(F)c(F)c(F)c(F)c3F)c(-c3c(F)c(F)c(F)c(F)c3F)c2)c(F)c1F. The standard InChI is InChI=1S/C54H9BF30O3/c56-25-19(26(57)38(69)49(80)37(25)68)10-1-4-16(13(7-10)22-31(62)43(74)52(83)44(75)32(22)63)86-55(87-17-5-2-11(20-27(58)39(70)50(81)40(71)28(20)59)8-14(17)23-33(64)45(76)53(84)46(77)34(23)65)88-18-6-3-12(21-29(60)41(72)51(82)42(73)30(21)61)9-15(18)24-35(66)47(78)54(85)48(79)36(24)67/h1-9H. The van der Waals surface area contributed by atoms with Crippen LogP contribution < -0.4 is 14.0 Å². The third kappa shape index (κ3) is 9.89. The minimum absolute atomic E-state index is 0.0540. The Morgan fingerprint density at radius 2 is 0.307 bits per heavy atom. The highest BCUT2D eigenvalue weighted by Gasteiger charge is 2.40. The fourth-order valence-electron chi connectivity index (χ4n) is 8.43. The van der Waals surface area contributed by atoms with E-state index in [4.69, 9.17) is 14.0 Å². The number of hydrogen-bond acceptors (Lipinski definition) is 3. The molecule has 0 aliphatic rings. The van der Waals surface area contributed by atoms with Crippen molar-refractivity contribution in [2.75, 3.05) is 0 Å². The van der Waals surface area contributed by atoms with E-state index < -0.39 is 266 Å². The van der Waals surface area contributed by atoms with Gasteiger partial charge in [-0.25, -0.2) is 132 Å². The van der Waals surface area contributed by atoms with Crippen molar-refractivity contribution in [1.29, 1.82) is 0 Å². The number of hydrogen-bond donors (Lipinski definition) is 0. The summed E-state index contributed by atoms with van der Waals surface area (Å²) >= 11 is 0. The van der Waals surface area contributed by atoms with Crippen LogP contribution in [0.3, 0.4) is 0 Å². The molecule has 0 aliphatic heterocycles. The van der Waals surface area contributed by atoms with Crippen molar-refractivity contribution in [3.63, 3.8) is 0 Å². The van der Waals surface area contributed by atoms with Crippen LogP contribution in [0.15, 0.2) is 54.6 Å². The second kappa shape index (κ2) is 22.9. The van der Waals surface area contributed by atoms with E-state index in [1.54, 1.807) is 0 Å². The third-order valence-electron chi connectivity index (χ3n) is 12.5. The summed E-state index contributed by atoms with van der Waals surface area (Å²) < 4.78 is 467. The van der Waals surface area contributed by atoms with Crippen molar-refractivity contribution in [1.82, 2.24) is 0 Å². The fourth-order valence-corrected chi connectivity index (χ4v) is 8.43. The van der Waals surface area contributed by atoms with Gasteiger partial charge < -0.3 is 14.0 Å². The Morgan fingerprint density at radius 1 is 0.170 bits per heavy atom. The summed E-state index contributed by atoms with van der Waals surface area (Å²) in [6, 6.07) is -0.766. The molecule has 34 heteroatoms. The molecule has 9 aromatic carbocycles. The molecule has 9 aromatic rings. The first-order valence-electron chi connectivity index (χ1n) is 22.7. The Kier molecular flexibility index (Phi) is 16.3. The molecule has 3 nitrogen and oxygen atoms in total. The molecule has 0 aromatic heterocycles. The van der Waals surface area contributed by atoms with Crippen molar-refractivity contribution in [2.45, 2.75) is 0 Å². The molecule has 0 bridgehead atoms. The summed E-state index contributed by atoms with van der Waals surface area (Å²) in [5.41, 5.74) is -24.2. The molecule has 0 spiro atoms. The van der Waals surface area contributed by atoms with Crippen molar-refractivity contribution >= 4 is 7.32 Å². The van der Waals surface area contributed by atoms with Crippen LogP contribution in [0.4, 0.5) is 132 Å². The van der Waals surface area contributed by atoms with Crippen molar-refractivity contribution < 1.29 is 146 Å². The van der Waals surface area contributed by atoms with E-state index in [0.29, 0.717) is 0 Å². The fraction of sp³-hybridized carbons (Fsp3) is 0. The van der Waals surface area contributed by atoms with Gasteiger partial charge in [-0.15, -0.1) is 0 Å². The molecule has 0 unspecified atom stereocenters. The van der Waals surface area contributed by atoms with Crippen molar-refractivity contribution in [2.24, 2.45) is 0 Å². The Hall–Kier alpha value is -9.66. The van der Waals surface area contributed by atoms with Gasteiger partial charge in [0.25, 0.3) is 0 Å². The molecule has 0 heterocycles. The van der Waals surface area contributed by atoms with Crippen molar-refractivity contribution in [3.05, 3.63) is 229 Å². The molecule has 0 saturated heterocycles. The van der Waals surface area contributed by atoms with Gasteiger partial charge >= 0.3 is 7.32 Å². The molecule has 9 rings (SSSR count). The highest BCUT2D eigenvalue weighted by molar-refractivity contribution is 6.40. The Labute approximate surface area is 465 Å². The minimum atomic E-state index is -3.76. The Morgan fingerprint density at radius 3 is 0.466 bits per heavy atom. The third-order valence-corrected chi connectivity index (χ3v) is 12.5. The molecule has 0 N–H and O–H groups in total. The van der Waals surface area contributed by atoms with E-state index >= 15 is 79.0 Å². The normalized spacial score (nSPS) is 11.5. The Bertz CT molecular complexity index is 3890. The molecule has 0 aliphatic carbocycles. The van der Waals surface area contributed by atoms with Crippen LogP contribution in [-0.2, 0) is 0 Å². The quantitative estimate of drug-likeness (QED) is 0.0528. The highest BCUT2D eigenvalue weighted by atomic mass is 19.2. The van der Waals surface area contributed by atoms with Gasteiger partial charge in [0.05, 0.1) is 33.4 Å². The molecule has 0 amide bonds. The predicted octanol–water partition coefficient (Wildman–Crippen LogP) is 18.4. The van der Waals surface area contributed by atoms with E-state index in [1.807, 2.05) is 0 Å². The second-order valence-corrected chi connectivity index (χ2v) is 17.4. The molecule has 0 radical (unpaired) electrons. The average molecular weight is 1290 g/mol. The highest BCUT2D eigenvalue weighted by Crippen LogP contribution is 2.47. The summed E-state index contributed by atoms with van der Waals surface area (Å²) in [6.45, 7) is 0. The largest absolute Gasteiger partial charge is 0.864 e. The predicted molar refractivity (Wildman–Crippen MR) is 238 cm³/mol. The number of halogens is 30. The molecule has 0 fully saturated rings. The monoisotopic (exact) mass is 1290 g/mol. The van der Waals surface area contributed by atoms with Crippen LogP contribution in [0, 0.1) is 175 Å². The lowest BCUT2D eigenvalue weighted by Crippen LogP contribution is -2.37. The summed E-state index contributed by atoms with van der Waals surface area (Å²) in [5, 5.41) is 0. The zero-order valence-electron chi connectivity index (χ0n) is 40.8. The van der Waals surface area contributed by atoms with Gasteiger partial charge in [-0.05, 0) is 53.1 Å². The van der Waals surface area contributed by atoms with Gasteiger partial charge in [0.1, 0.15) is 17.2 Å². The van der Waals surface area contributed by atoms with Crippen LogP contribution in [0.5, 0.6) is 17.2 Å². The van der Waals surface area contributed by atoms with E-state index in [2.05, 4.69) is 0 Å². The molecular formula is C54H9BF30O3. The first-order valence-corrected chi connectivity index (χ1v) is 22.7. The Balaban J connectivity index is 1.39. The molecule has 0 saturated carbocycles. The smallest absolute Gasteiger partial charge is 0.489 e. The van der Waals surface area contributed by atoms with E-state index in [0.717, 1.165) is 0 Å². The van der Waals surface area contributed by atoms with Crippen molar-refractivity contribution in [3.8, 4) is 84.0 Å². The van der Waals surface area contributed by atoms with Gasteiger partial charge in [-0.1, -0.05) is 18.2 Å². The maximum absolute atomic E-state index is 15.9. The first-order chi connectivity index (χ1) is 41.2. The van der Waals surface area contributed by atoms with Gasteiger partial charge in [0.15, 0.2) is 140 Å². The number of benzene rings is 9. The summed E-state index contributed by atoms with van der Waals surface area (Å²) in [4.78, 5) is 0.